The fraction of sp³-hybridized carbons (Fsp3) is 0.278. The van der Waals surface area contributed by atoms with Crippen molar-refractivity contribution in [3.05, 3.63) is 54.6 Å². The molecule has 7 nitrogen and oxygen atoms in total. The number of hydrogen-bond donors (Lipinski definition) is 2. The van der Waals surface area contributed by atoms with E-state index in [1.54, 1.807) is 37.7 Å². The Kier molecular flexibility index (Phi) is 7.24. The topological polar surface area (TPSA) is 85.2 Å². The molecule has 1 aromatic heterocycles. The Morgan fingerprint density at radius 1 is 1.28 bits per heavy atom. The molecule has 7 heteroatoms. The van der Waals surface area contributed by atoms with Crippen molar-refractivity contribution in [1.82, 2.24) is 14.9 Å². The van der Waals surface area contributed by atoms with Gasteiger partial charge in [-0.05, 0) is 37.1 Å². The van der Waals surface area contributed by atoms with Crippen LogP contribution in [0.25, 0.3) is 6.08 Å². The van der Waals surface area contributed by atoms with E-state index in [9.17, 15) is 9.59 Å². The third-order valence-corrected chi connectivity index (χ3v) is 3.30. The zero-order chi connectivity index (χ0) is 17.9. The Labute approximate surface area is 146 Å². The van der Waals surface area contributed by atoms with E-state index >= 15 is 0 Å². The second-order valence-electron chi connectivity index (χ2n) is 5.24. The predicted molar refractivity (Wildman–Crippen MR) is 96.0 cm³/mol. The highest BCUT2D eigenvalue weighted by atomic mass is 16.5. The molecular weight excluding hydrogens is 320 g/mol. The van der Waals surface area contributed by atoms with E-state index in [0.29, 0.717) is 18.8 Å². The quantitative estimate of drug-likeness (QED) is 0.439. The third kappa shape index (κ3) is 6.90. The van der Waals surface area contributed by atoms with Crippen molar-refractivity contribution in [2.24, 2.45) is 0 Å². The van der Waals surface area contributed by atoms with Crippen molar-refractivity contribution in [1.29, 1.82) is 0 Å². The Morgan fingerprint density at radius 2 is 2.08 bits per heavy atom. The smallest absolute Gasteiger partial charge is 0.330 e. The first-order chi connectivity index (χ1) is 12.2. The van der Waals surface area contributed by atoms with Crippen LogP contribution in [-0.2, 0) is 16.1 Å². The molecule has 0 aliphatic heterocycles. The monoisotopic (exact) mass is 342 g/mol. The number of urea groups is 1. The van der Waals surface area contributed by atoms with Crippen molar-refractivity contribution >= 4 is 23.8 Å². The van der Waals surface area contributed by atoms with Crippen molar-refractivity contribution in [3.63, 3.8) is 0 Å². The number of anilines is 1. The number of nitrogens with zero attached hydrogens (tertiary/aromatic N) is 2. The molecule has 1 aromatic carbocycles. The molecule has 2 amide bonds. The van der Waals surface area contributed by atoms with Crippen molar-refractivity contribution < 1.29 is 14.3 Å². The highest BCUT2D eigenvalue weighted by Gasteiger charge is 2.01. The number of carbonyl (C=O) groups excluding carboxylic acids is 2. The van der Waals surface area contributed by atoms with Crippen LogP contribution in [0.3, 0.4) is 0 Å². The first kappa shape index (κ1) is 18.3. The lowest BCUT2D eigenvalue weighted by atomic mass is 10.2. The molecule has 132 valence electrons. The summed E-state index contributed by atoms with van der Waals surface area (Å²) in [4.78, 5) is 27.0. The fourth-order valence-electron chi connectivity index (χ4n) is 2.09. The normalized spacial score (nSPS) is 10.6. The van der Waals surface area contributed by atoms with E-state index in [4.69, 9.17) is 4.74 Å². The van der Waals surface area contributed by atoms with Gasteiger partial charge in [0.2, 0.25) is 0 Å². The zero-order valence-electron chi connectivity index (χ0n) is 14.1. The molecule has 0 radical (unpaired) electrons. The summed E-state index contributed by atoms with van der Waals surface area (Å²) in [5.41, 5.74) is 1.53. The van der Waals surface area contributed by atoms with Gasteiger partial charge in [0.15, 0.2) is 0 Å². The number of imidazole rings is 1. The van der Waals surface area contributed by atoms with Gasteiger partial charge in [0.25, 0.3) is 0 Å². The molecule has 0 saturated carbocycles. The minimum atomic E-state index is -0.375. The van der Waals surface area contributed by atoms with Gasteiger partial charge in [-0.15, -0.1) is 0 Å². The molecule has 1 heterocycles. The fourth-order valence-corrected chi connectivity index (χ4v) is 2.09. The number of aryl methyl sites for hydroxylation is 1. The van der Waals surface area contributed by atoms with Gasteiger partial charge in [0, 0.05) is 37.2 Å². The molecular formula is C18H22N4O3. The van der Waals surface area contributed by atoms with Crippen LogP contribution in [0.4, 0.5) is 10.5 Å². The Bertz CT molecular complexity index is 694. The summed E-state index contributed by atoms with van der Waals surface area (Å²) in [6.07, 6.45) is 9.22. The maximum atomic E-state index is 11.8. The minimum Gasteiger partial charge on any atom is -0.463 e. The van der Waals surface area contributed by atoms with Crippen LogP contribution in [0, 0.1) is 0 Å². The summed E-state index contributed by atoms with van der Waals surface area (Å²) >= 11 is 0. The molecule has 25 heavy (non-hydrogen) atoms. The average molecular weight is 342 g/mol. The molecule has 0 atom stereocenters. The largest absolute Gasteiger partial charge is 0.463 e. The number of nitrogens with one attached hydrogen (secondary N) is 2. The van der Waals surface area contributed by atoms with Crippen LogP contribution in [0.2, 0.25) is 0 Å². The number of amides is 2. The maximum absolute atomic E-state index is 11.8. The lowest BCUT2D eigenvalue weighted by molar-refractivity contribution is -0.137. The number of benzene rings is 1. The molecule has 0 saturated heterocycles. The number of esters is 1. The highest BCUT2D eigenvalue weighted by Crippen LogP contribution is 2.10. The van der Waals surface area contributed by atoms with E-state index in [1.165, 1.54) is 6.08 Å². The molecule has 2 rings (SSSR count). The van der Waals surface area contributed by atoms with Gasteiger partial charge in [-0.3, -0.25) is 0 Å². The van der Waals surface area contributed by atoms with E-state index in [1.807, 2.05) is 22.9 Å². The number of ether oxygens (including phenoxy) is 1. The van der Waals surface area contributed by atoms with Gasteiger partial charge >= 0.3 is 12.0 Å². The van der Waals surface area contributed by atoms with Crippen LogP contribution in [0.1, 0.15) is 18.9 Å². The summed E-state index contributed by atoms with van der Waals surface area (Å²) < 4.78 is 6.77. The second kappa shape index (κ2) is 9.92. The molecule has 0 spiro atoms. The lowest BCUT2D eigenvalue weighted by Crippen LogP contribution is -2.30. The van der Waals surface area contributed by atoms with Crippen LogP contribution in [0.5, 0.6) is 0 Å². The highest BCUT2D eigenvalue weighted by molar-refractivity contribution is 5.90. The summed E-state index contributed by atoms with van der Waals surface area (Å²) in [6.45, 7) is 3.49. The van der Waals surface area contributed by atoms with Gasteiger partial charge in [-0.2, -0.15) is 0 Å². The van der Waals surface area contributed by atoms with Crippen LogP contribution >= 0.6 is 0 Å². The zero-order valence-corrected chi connectivity index (χ0v) is 14.1. The molecule has 0 bridgehead atoms. The number of hydrogen-bond acceptors (Lipinski definition) is 4. The maximum Gasteiger partial charge on any atom is 0.330 e. The summed E-state index contributed by atoms with van der Waals surface area (Å²) in [7, 11) is 0. The molecule has 0 aliphatic rings. The van der Waals surface area contributed by atoms with E-state index in [-0.39, 0.29) is 12.0 Å². The number of carbonyl (C=O) groups is 2. The van der Waals surface area contributed by atoms with Crippen molar-refractivity contribution in [3.8, 4) is 0 Å². The SMILES string of the molecule is CCOC(=O)/C=C/c1ccc(NC(=O)NCCCn2ccnc2)cc1. The summed E-state index contributed by atoms with van der Waals surface area (Å²) in [5, 5.41) is 5.57. The molecule has 2 N–H and O–H groups in total. The number of rotatable bonds is 8. The summed E-state index contributed by atoms with van der Waals surface area (Å²) in [5.74, 6) is -0.375. The van der Waals surface area contributed by atoms with Gasteiger partial charge < -0.3 is 19.9 Å². The van der Waals surface area contributed by atoms with E-state index < -0.39 is 0 Å². The number of aromatic nitrogens is 2. The van der Waals surface area contributed by atoms with Crippen molar-refractivity contribution in [2.75, 3.05) is 18.5 Å². The third-order valence-electron chi connectivity index (χ3n) is 3.30. The van der Waals surface area contributed by atoms with Gasteiger partial charge in [0.05, 0.1) is 12.9 Å². The van der Waals surface area contributed by atoms with E-state index in [0.717, 1.165) is 18.5 Å². The molecule has 2 aromatic rings. The second-order valence-corrected chi connectivity index (χ2v) is 5.24. The Morgan fingerprint density at radius 3 is 2.76 bits per heavy atom. The summed E-state index contributed by atoms with van der Waals surface area (Å²) in [6, 6.07) is 6.92. The Balaban J connectivity index is 1.70. The van der Waals surface area contributed by atoms with Gasteiger partial charge in [-0.25, -0.2) is 14.6 Å². The minimum absolute atomic E-state index is 0.250. The first-order valence-corrected chi connectivity index (χ1v) is 8.13. The van der Waals surface area contributed by atoms with Crippen LogP contribution in [0.15, 0.2) is 49.1 Å². The molecule has 0 aliphatic carbocycles. The van der Waals surface area contributed by atoms with E-state index in [2.05, 4.69) is 15.6 Å². The average Bonchev–Trinajstić information content (AvgIpc) is 3.12. The van der Waals surface area contributed by atoms with Crippen molar-refractivity contribution in [2.45, 2.75) is 19.9 Å². The Hall–Kier alpha value is -3.09. The molecule has 0 fully saturated rings. The lowest BCUT2D eigenvalue weighted by Gasteiger charge is -2.08. The predicted octanol–water partition coefficient (Wildman–Crippen LogP) is 2.67. The first-order valence-electron chi connectivity index (χ1n) is 8.13. The standard InChI is InChI=1S/C18H22N4O3/c1-2-25-17(23)9-6-15-4-7-16(8-5-15)21-18(24)20-10-3-12-22-13-11-19-14-22/h4-9,11,13-14H,2-3,10,12H2,1H3,(H2,20,21,24)/b9-6+. The van der Waals surface area contributed by atoms with Crippen LogP contribution in [-0.4, -0.2) is 34.7 Å². The van der Waals surface area contributed by atoms with Gasteiger partial charge in [0.1, 0.15) is 0 Å². The van der Waals surface area contributed by atoms with Crippen LogP contribution < -0.4 is 10.6 Å². The van der Waals surface area contributed by atoms with Gasteiger partial charge in [-0.1, -0.05) is 12.1 Å². The molecule has 0 unspecified atom stereocenters.